The smallest absolute Gasteiger partial charge is 0.294 e. The molecule has 0 aromatic heterocycles. The predicted molar refractivity (Wildman–Crippen MR) is 149 cm³/mol. The first-order valence-corrected chi connectivity index (χ1v) is 13.2. The number of hydrogen-bond donors (Lipinski definition) is 1. The number of amides is 3. The molecular weight excluding hydrogens is 653 g/mol. The minimum absolute atomic E-state index is 0.100. The number of imide groups is 1. The Bertz CT molecular complexity index is 1450. The zero-order chi connectivity index (χ0) is 27.4. The largest absolute Gasteiger partial charge is 0.493 e. The summed E-state index contributed by atoms with van der Waals surface area (Å²) in [5.41, 5.74) is 1.23. The van der Waals surface area contributed by atoms with Gasteiger partial charge in [-0.15, -0.1) is 0 Å². The van der Waals surface area contributed by atoms with Gasteiger partial charge in [-0.25, -0.2) is 8.78 Å². The molecule has 0 atom stereocenters. The fraction of sp³-hybridized carbons (Fsp3) is 0.115. The van der Waals surface area contributed by atoms with E-state index in [0.717, 1.165) is 22.6 Å². The SMILES string of the molecule is COc1cc(/C=C2/SC(=O)N(CC(=O)Nc3ccc(F)cc3F)C2=O)cc(I)c1OCc1ccc(Cl)cc1. The van der Waals surface area contributed by atoms with Crippen LogP contribution >= 0.6 is 46.0 Å². The first-order valence-electron chi connectivity index (χ1n) is 10.9. The molecule has 1 aliphatic heterocycles. The third kappa shape index (κ3) is 6.63. The molecule has 38 heavy (non-hydrogen) atoms. The molecule has 3 aromatic carbocycles. The zero-order valence-corrected chi connectivity index (χ0v) is 23.3. The van der Waals surface area contributed by atoms with E-state index < -0.39 is 35.2 Å². The lowest BCUT2D eigenvalue weighted by molar-refractivity contribution is -0.127. The van der Waals surface area contributed by atoms with Crippen LogP contribution in [-0.4, -0.2) is 35.6 Å². The monoisotopic (exact) mass is 670 g/mol. The lowest BCUT2D eigenvalue weighted by Gasteiger charge is -2.14. The maximum atomic E-state index is 13.8. The van der Waals surface area contributed by atoms with E-state index >= 15 is 0 Å². The molecule has 0 radical (unpaired) electrons. The van der Waals surface area contributed by atoms with Crippen LogP contribution in [0.25, 0.3) is 6.08 Å². The van der Waals surface area contributed by atoms with Gasteiger partial charge in [-0.1, -0.05) is 23.7 Å². The van der Waals surface area contributed by atoms with Gasteiger partial charge in [0.15, 0.2) is 11.5 Å². The van der Waals surface area contributed by atoms with E-state index in [4.69, 9.17) is 21.1 Å². The number of carbonyl (C=O) groups excluding carboxylic acids is 3. The first kappa shape index (κ1) is 27.9. The van der Waals surface area contributed by atoms with Gasteiger partial charge < -0.3 is 14.8 Å². The Morgan fingerprint density at radius 2 is 1.87 bits per heavy atom. The Labute approximate surface area is 239 Å². The maximum absolute atomic E-state index is 13.8. The molecule has 1 saturated heterocycles. The zero-order valence-electron chi connectivity index (χ0n) is 19.6. The normalized spacial score (nSPS) is 14.2. The molecule has 1 N–H and O–H groups in total. The number of carbonyl (C=O) groups is 3. The second-order valence-electron chi connectivity index (χ2n) is 7.89. The summed E-state index contributed by atoms with van der Waals surface area (Å²) in [6.07, 6.45) is 1.51. The number of methoxy groups -OCH3 is 1. The maximum Gasteiger partial charge on any atom is 0.294 e. The topological polar surface area (TPSA) is 84.9 Å². The van der Waals surface area contributed by atoms with Gasteiger partial charge in [0.2, 0.25) is 5.91 Å². The Hall–Kier alpha value is -3.16. The van der Waals surface area contributed by atoms with Crippen molar-refractivity contribution in [1.82, 2.24) is 4.90 Å². The molecular formula is C26H18ClF2IN2O5S. The van der Waals surface area contributed by atoms with Gasteiger partial charge in [-0.05, 0) is 88.0 Å². The highest BCUT2D eigenvalue weighted by Crippen LogP contribution is 2.37. The molecule has 0 aliphatic carbocycles. The molecule has 12 heteroatoms. The number of benzene rings is 3. The molecule has 1 heterocycles. The minimum atomic E-state index is -0.975. The molecule has 7 nitrogen and oxygen atoms in total. The fourth-order valence-electron chi connectivity index (χ4n) is 3.41. The van der Waals surface area contributed by atoms with Crippen LogP contribution in [0.15, 0.2) is 59.5 Å². The summed E-state index contributed by atoms with van der Waals surface area (Å²) in [6, 6.07) is 13.3. The number of nitrogens with zero attached hydrogens (tertiary/aromatic N) is 1. The Balaban J connectivity index is 1.46. The summed E-state index contributed by atoms with van der Waals surface area (Å²) >= 11 is 8.68. The van der Waals surface area contributed by atoms with Gasteiger partial charge in [0.25, 0.3) is 11.1 Å². The van der Waals surface area contributed by atoms with Crippen LogP contribution < -0.4 is 14.8 Å². The van der Waals surface area contributed by atoms with E-state index in [1.54, 1.807) is 24.3 Å². The van der Waals surface area contributed by atoms with Gasteiger partial charge in [0.1, 0.15) is 24.8 Å². The van der Waals surface area contributed by atoms with Crippen molar-refractivity contribution in [2.24, 2.45) is 0 Å². The quantitative estimate of drug-likeness (QED) is 0.218. The van der Waals surface area contributed by atoms with Crippen LogP contribution in [0.3, 0.4) is 0 Å². The number of rotatable bonds is 8. The summed E-state index contributed by atoms with van der Waals surface area (Å²) in [5, 5.41) is 2.20. The standard InChI is InChI=1S/C26H18ClF2IN2O5S/c1-36-21-9-15(8-19(30)24(21)37-13-14-2-4-16(27)5-3-14)10-22-25(34)32(26(35)38-22)12-23(33)31-20-7-6-17(28)11-18(20)29/h2-11H,12-13H2,1H3,(H,31,33)/b22-10+. The van der Waals surface area contributed by atoms with Crippen LogP contribution in [-0.2, 0) is 16.2 Å². The van der Waals surface area contributed by atoms with Crippen molar-refractivity contribution in [2.45, 2.75) is 6.61 Å². The molecule has 0 saturated carbocycles. The highest BCUT2D eigenvalue weighted by Gasteiger charge is 2.36. The Kier molecular flexibility index (Phi) is 8.90. The van der Waals surface area contributed by atoms with Gasteiger partial charge in [-0.3, -0.25) is 19.3 Å². The van der Waals surface area contributed by atoms with Crippen LogP contribution in [0, 0.1) is 15.2 Å². The lowest BCUT2D eigenvalue weighted by atomic mass is 10.1. The van der Waals surface area contributed by atoms with Crippen LogP contribution in [0.5, 0.6) is 11.5 Å². The average Bonchev–Trinajstić information content (AvgIpc) is 3.13. The molecule has 1 aliphatic rings. The van der Waals surface area contributed by atoms with Crippen molar-refractivity contribution in [3.8, 4) is 11.5 Å². The summed E-state index contributed by atoms with van der Waals surface area (Å²) in [6.45, 7) is -0.344. The average molecular weight is 671 g/mol. The van der Waals surface area contributed by atoms with Gasteiger partial charge in [-0.2, -0.15) is 0 Å². The van der Waals surface area contributed by atoms with Crippen LogP contribution in [0.1, 0.15) is 11.1 Å². The lowest BCUT2D eigenvalue weighted by Crippen LogP contribution is -2.36. The highest BCUT2D eigenvalue weighted by molar-refractivity contribution is 14.1. The summed E-state index contributed by atoms with van der Waals surface area (Å²) in [5.74, 6) is -2.32. The molecule has 0 unspecified atom stereocenters. The van der Waals surface area contributed by atoms with Crippen LogP contribution in [0.4, 0.5) is 19.3 Å². The molecule has 0 bridgehead atoms. The van der Waals surface area contributed by atoms with Gasteiger partial charge in [0, 0.05) is 11.1 Å². The fourth-order valence-corrected chi connectivity index (χ4v) is 5.16. The van der Waals surface area contributed by atoms with Crippen molar-refractivity contribution in [1.29, 1.82) is 0 Å². The van der Waals surface area contributed by atoms with E-state index in [2.05, 4.69) is 27.9 Å². The summed E-state index contributed by atoms with van der Waals surface area (Å²) in [4.78, 5) is 38.5. The number of hydrogen-bond acceptors (Lipinski definition) is 6. The van der Waals surface area contributed by atoms with E-state index in [1.165, 1.54) is 13.2 Å². The molecule has 1 fully saturated rings. The Morgan fingerprint density at radius 1 is 1.13 bits per heavy atom. The minimum Gasteiger partial charge on any atom is -0.493 e. The molecule has 4 rings (SSSR count). The third-order valence-electron chi connectivity index (χ3n) is 5.23. The number of nitrogens with one attached hydrogen (secondary N) is 1. The third-order valence-corrected chi connectivity index (χ3v) is 7.19. The number of ether oxygens (including phenoxy) is 2. The van der Waals surface area contributed by atoms with Gasteiger partial charge in [0.05, 0.1) is 21.3 Å². The van der Waals surface area contributed by atoms with Crippen molar-refractivity contribution in [3.63, 3.8) is 0 Å². The van der Waals surface area contributed by atoms with Crippen molar-refractivity contribution in [2.75, 3.05) is 19.0 Å². The first-order chi connectivity index (χ1) is 18.1. The summed E-state index contributed by atoms with van der Waals surface area (Å²) < 4.78 is 39.0. The van der Waals surface area contributed by atoms with Crippen molar-refractivity contribution >= 4 is 74.8 Å². The second-order valence-corrected chi connectivity index (χ2v) is 10.5. The van der Waals surface area contributed by atoms with Crippen LogP contribution in [0.2, 0.25) is 5.02 Å². The number of halogens is 4. The predicted octanol–water partition coefficient (Wildman–Crippen LogP) is 6.49. The molecule has 196 valence electrons. The van der Waals surface area contributed by atoms with Gasteiger partial charge >= 0.3 is 0 Å². The Morgan fingerprint density at radius 3 is 2.55 bits per heavy atom. The highest BCUT2D eigenvalue weighted by atomic mass is 127. The van der Waals surface area contributed by atoms with E-state index in [9.17, 15) is 23.2 Å². The molecule has 3 amide bonds. The van der Waals surface area contributed by atoms with E-state index in [1.807, 2.05) is 12.1 Å². The number of thioether (sulfide) groups is 1. The molecule has 0 spiro atoms. The molecule has 3 aromatic rings. The summed E-state index contributed by atoms with van der Waals surface area (Å²) in [7, 11) is 1.49. The van der Waals surface area contributed by atoms with Crippen molar-refractivity contribution in [3.05, 3.63) is 90.9 Å². The van der Waals surface area contributed by atoms with E-state index in [-0.39, 0.29) is 17.2 Å². The second kappa shape index (κ2) is 12.1. The number of anilines is 1. The van der Waals surface area contributed by atoms with Crippen molar-refractivity contribution < 1.29 is 32.6 Å². The van der Waals surface area contributed by atoms with E-state index in [0.29, 0.717) is 43.5 Å².